The van der Waals surface area contributed by atoms with Gasteiger partial charge in [0.25, 0.3) is 0 Å². The van der Waals surface area contributed by atoms with E-state index in [9.17, 15) is 13.2 Å². The van der Waals surface area contributed by atoms with Crippen LogP contribution >= 0.6 is 24.0 Å². The fourth-order valence-corrected chi connectivity index (χ4v) is 2.83. The SMILES string of the molecule is CCNC(=NCCCN(C)CC(F)(F)F)NC1CCC(C)CC1.I. The summed E-state index contributed by atoms with van der Waals surface area (Å²) in [4.78, 5) is 5.77. The van der Waals surface area contributed by atoms with E-state index in [1.54, 1.807) is 0 Å². The molecular formula is C16H32F3IN4. The largest absolute Gasteiger partial charge is 0.401 e. The number of rotatable bonds is 7. The van der Waals surface area contributed by atoms with Crippen molar-refractivity contribution in [3.8, 4) is 0 Å². The highest BCUT2D eigenvalue weighted by Gasteiger charge is 2.28. The quantitative estimate of drug-likeness (QED) is 0.262. The molecule has 0 spiro atoms. The molecule has 0 atom stereocenters. The number of halogens is 4. The molecule has 0 aromatic rings. The van der Waals surface area contributed by atoms with Gasteiger partial charge in [-0.15, -0.1) is 24.0 Å². The van der Waals surface area contributed by atoms with Crippen molar-refractivity contribution < 1.29 is 13.2 Å². The summed E-state index contributed by atoms with van der Waals surface area (Å²) < 4.78 is 36.7. The molecule has 0 unspecified atom stereocenters. The molecule has 8 heteroatoms. The summed E-state index contributed by atoms with van der Waals surface area (Å²) in [6.45, 7) is 5.13. The molecule has 0 radical (unpaired) electrons. The van der Waals surface area contributed by atoms with Crippen molar-refractivity contribution in [3.63, 3.8) is 0 Å². The third-order valence-corrected chi connectivity index (χ3v) is 4.12. The predicted molar refractivity (Wildman–Crippen MR) is 104 cm³/mol. The Morgan fingerprint density at radius 2 is 1.83 bits per heavy atom. The van der Waals surface area contributed by atoms with Crippen LogP contribution in [0.2, 0.25) is 0 Å². The molecule has 1 aliphatic carbocycles. The standard InChI is InChI=1S/C16H31F3N4.HI/c1-4-20-15(22-14-8-6-13(2)7-9-14)21-10-5-11-23(3)12-16(17,18)19;/h13-14H,4-12H2,1-3H3,(H2,20,21,22);1H. The summed E-state index contributed by atoms with van der Waals surface area (Å²) in [6, 6.07) is 0.455. The average molecular weight is 464 g/mol. The maximum Gasteiger partial charge on any atom is 0.401 e. The summed E-state index contributed by atoms with van der Waals surface area (Å²) in [7, 11) is 1.49. The van der Waals surface area contributed by atoms with E-state index in [-0.39, 0.29) is 24.0 Å². The Morgan fingerprint density at radius 3 is 2.38 bits per heavy atom. The number of aliphatic imine (C=N–C) groups is 1. The normalized spacial score (nSPS) is 22.2. The van der Waals surface area contributed by atoms with E-state index in [0.717, 1.165) is 31.3 Å². The van der Waals surface area contributed by atoms with Crippen molar-refractivity contribution in [1.82, 2.24) is 15.5 Å². The molecule has 0 bridgehead atoms. The zero-order valence-corrected chi connectivity index (χ0v) is 17.3. The topological polar surface area (TPSA) is 39.7 Å². The van der Waals surface area contributed by atoms with Crippen LogP contribution in [0.15, 0.2) is 4.99 Å². The number of nitrogens with one attached hydrogen (secondary N) is 2. The Bertz CT molecular complexity index is 356. The van der Waals surface area contributed by atoms with Crippen LogP contribution in [0.25, 0.3) is 0 Å². The molecule has 1 saturated carbocycles. The first kappa shape index (κ1) is 23.8. The minimum Gasteiger partial charge on any atom is -0.357 e. The van der Waals surface area contributed by atoms with Crippen LogP contribution in [0.3, 0.4) is 0 Å². The third-order valence-electron chi connectivity index (χ3n) is 4.12. The van der Waals surface area contributed by atoms with E-state index in [0.29, 0.717) is 25.6 Å². The number of nitrogens with zero attached hydrogens (tertiary/aromatic N) is 2. The lowest BCUT2D eigenvalue weighted by Gasteiger charge is -2.28. The van der Waals surface area contributed by atoms with E-state index in [4.69, 9.17) is 0 Å². The van der Waals surface area contributed by atoms with Crippen LogP contribution < -0.4 is 10.6 Å². The van der Waals surface area contributed by atoms with E-state index in [2.05, 4.69) is 22.5 Å². The lowest BCUT2D eigenvalue weighted by Crippen LogP contribution is -2.44. The first-order valence-electron chi connectivity index (χ1n) is 8.60. The lowest BCUT2D eigenvalue weighted by molar-refractivity contribution is -0.143. The molecule has 4 nitrogen and oxygen atoms in total. The van der Waals surface area contributed by atoms with Crippen molar-refractivity contribution in [2.75, 3.05) is 33.2 Å². The maximum absolute atomic E-state index is 12.2. The molecule has 0 heterocycles. The zero-order valence-electron chi connectivity index (χ0n) is 15.0. The van der Waals surface area contributed by atoms with Crippen LogP contribution in [-0.2, 0) is 0 Å². The second kappa shape index (κ2) is 12.2. The Kier molecular flexibility index (Phi) is 12.0. The summed E-state index contributed by atoms with van der Waals surface area (Å²) in [5.41, 5.74) is 0. The van der Waals surface area contributed by atoms with E-state index < -0.39 is 12.7 Å². The van der Waals surface area contributed by atoms with Gasteiger partial charge in [0.2, 0.25) is 0 Å². The molecule has 24 heavy (non-hydrogen) atoms. The van der Waals surface area contributed by atoms with Gasteiger partial charge < -0.3 is 10.6 Å². The van der Waals surface area contributed by atoms with Gasteiger partial charge in [-0.3, -0.25) is 9.89 Å². The van der Waals surface area contributed by atoms with Crippen LogP contribution in [0, 0.1) is 5.92 Å². The molecule has 1 aliphatic rings. The van der Waals surface area contributed by atoms with Crippen LogP contribution in [0.4, 0.5) is 13.2 Å². The van der Waals surface area contributed by atoms with Crippen molar-refractivity contribution in [2.24, 2.45) is 10.9 Å². The fraction of sp³-hybridized carbons (Fsp3) is 0.938. The molecule has 0 saturated heterocycles. The number of hydrogen-bond acceptors (Lipinski definition) is 2. The minimum atomic E-state index is -4.13. The minimum absolute atomic E-state index is 0. The maximum atomic E-state index is 12.2. The van der Waals surface area contributed by atoms with E-state index in [1.807, 2.05) is 6.92 Å². The number of alkyl halides is 3. The van der Waals surface area contributed by atoms with Gasteiger partial charge in [0, 0.05) is 19.1 Å². The summed E-state index contributed by atoms with van der Waals surface area (Å²) >= 11 is 0. The first-order chi connectivity index (χ1) is 10.8. The van der Waals surface area contributed by atoms with Crippen molar-refractivity contribution in [1.29, 1.82) is 0 Å². The lowest BCUT2D eigenvalue weighted by atomic mass is 9.87. The first-order valence-corrected chi connectivity index (χ1v) is 8.60. The smallest absolute Gasteiger partial charge is 0.357 e. The van der Waals surface area contributed by atoms with Gasteiger partial charge in [0.05, 0.1) is 6.54 Å². The second-order valence-electron chi connectivity index (χ2n) is 6.57. The summed E-state index contributed by atoms with van der Waals surface area (Å²) in [6.07, 6.45) is 1.26. The Morgan fingerprint density at radius 1 is 1.21 bits per heavy atom. The highest BCUT2D eigenvalue weighted by Crippen LogP contribution is 2.23. The zero-order chi connectivity index (χ0) is 17.3. The van der Waals surface area contributed by atoms with Crippen molar-refractivity contribution in [3.05, 3.63) is 0 Å². The monoisotopic (exact) mass is 464 g/mol. The van der Waals surface area contributed by atoms with Crippen molar-refractivity contribution >= 4 is 29.9 Å². The van der Waals surface area contributed by atoms with Gasteiger partial charge in [-0.05, 0) is 58.5 Å². The average Bonchev–Trinajstić information content (AvgIpc) is 2.44. The second-order valence-corrected chi connectivity index (χ2v) is 6.57. The molecule has 0 aromatic carbocycles. The fourth-order valence-electron chi connectivity index (χ4n) is 2.83. The molecule has 0 amide bonds. The molecule has 144 valence electrons. The van der Waals surface area contributed by atoms with Gasteiger partial charge >= 0.3 is 6.18 Å². The molecular weight excluding hydrogens is 432 g/mol. The Balaban J connectivity index is 0.00000529. The molecule has 1 rings (SSSR count). The van der Waals surface area contributed by atoms with Gasteiger partial charge in [-0.25, -0.2) is 0 Å². The molecule has 0 aliphatic heterocycles. The van der Waals surface area contributed by atoms with Gasteiger partial charge in [-0.2, -0.15) is 13.2 Å². The highest BCUT2D eigenvalue weighted by molar-refractivity contribution is 14.0. The van der Waals surface area contributed by atoms with E-state index >= 15 is 0 Å². The molecule has 2 N–H and O–H groups in total. The Hall–Kier alpha value is -0.250. The number of guanidine groups is 1. The third kappa shape index (κ3) is 11.3. The van der Waals surface area contributed by atoms with Crippen LogP contribution in [0.5, 0.6) is 0 Å². The summed E-state index contributed by atoms with van der Waals surface area (Å²) in [5.74, 6) is 1.59. The number of hydrogen-bond donors (Lipinski definition) is 2. The van der Waals surface area contributed by atoms with Gasteiger partial charge in [0.15, 0.2) is 5.96 Å². The van der Waals surface area contributed by atoms with E-state index in [1.165, 1.54) is 24.8 Å². The molecule has 1 fully saturated rings. The predicted octanol–water partition coefficient (Wildman–Crippen LogP) is 3.62. The molecule has 0 aromatic heterocycles. The van der Waals surface area contributed by atoms with Crippen molar-refractivity contribution in [2.45, 2.75) is 58.2 Å². The Labute approximate surface area is 161 Å². The van der Waals surface area contributed by atoms with Crippen LogP contribution in [0.1, 0.15) is 46.0 Å². The van der Waals surface area contributed by atoms with Gasteiger partial charge in [-0.1, -0.05) is 6.92 Å². The van der Waals surface area contributed by atoms with Gasteiger partial charge in [0.1, 0.15) is 0 Å². The van der Waals surface area contributed by atoms with Crippen LogP contribution in [-0.4, -0.2) is 56.3 Å². The highest BCUT2D eigenvalue weighted by atomic mass is 127. The summed E-state index contributed by atoms with van der Waals surface area (Å²) in [5, 5.41) is 6.66.